The molecule has 3 N–H and O–H groups in total. The Kier molecular flexibility index (Phi) is 7.50. The van der Waals surface area contributed by atoms with Crippen molar-refractivity contribution in [3.8, 4) is 11.1 Å². The summed E-state index contributed by atoms with van der Waals surface area (Å²) in [7, 11) is 0. The van der Waals surface area contributed by atoms with Gasteiger partial charge in [0, 0.05) is 12.0 Å². The summed E-state index contributed by atoms with van der Waals surface area (Å²) in [5.41, 5.74) is 4.57. The largest absolute Gasteiger partial charge is 0.481 e. The molecule has 7 heteroatoms. The van der Waals surface area contributed by atoms with Gasteiger partial charge in [0.25, 0.3) is 0 Å². The Morgan fingerprint density at radius 2 is 1.68 bits per heavy atom. The molecule has 2 aliphatic rings. The van der Waals surface area contributed by atoms with E-state index in [1.807, 2.05) is 31.2 Å². The van der Waals surface area contributed by atoms with Crippen LogP contribution in [0.3, 0.4) is 0 Å². The lowest BCUT2D eigenvalue weighted by molar-refractivity contribution is -0.141. The van der Waals surface area contributed by atoms with Gasteiger partial charge in [0.05, 0.1) is 5.92 Å². The number of carbonyl (C=O) groups is 3. The minimum Gasteiger partial charge on any atom is -0.481 e. The van der Waals surface area contributed by atoms with Crippen LogP contribution in [0.5, 0.6) is 0 Å². The number of benzene rings is 2. The Hall–Kier alpha value is -3.35. The Bertz CT molecular complexity index is 1010. The number of carbonyl (C=O) groups excluding carboxylic acids is 2. The minimum absolute atomic E-state index is 0.0486. The van der Waals surface area contributed by atoms with E-state index in [0.29, 0.717) is 25.7 Å². The minimum atomic E-state index is -0.823. The van der Waals surface area contributed by atoms with Gasteiger partial charge in [-0.05, 0) is 47.9 Å². The fraction of sp³-hybridized carbons (Fsp3) is 0.444. The van der Waals surface area contributed by atoms with Gasteiger partial charge in [-0.15, -0.1) is 0 Å². The molecule has 4 rings (SSSR count). The summed E-state index contributed by atoms with van der Waals surface area (Å²) in [6, 6.07) is 15.4. The quantitative estimate of drug-likeness (QED) is 0.508. The summed E-state index contributed by atoms with van der Waals surface area (Å²) in [5, 5.41) is 14.9. The highest BCUT2D eigenvalue weighted by molar-refractivity contribution is 5.86. The van der Waals surface area contributed by atoms with Gasteiger partial charge in [0.15, 0.2) is 0 Å². The molecule has 2 amide bonds. The smallest absolute Gasteiger partial charge is 0.407 e. The highest BCUT2D eigenvalue weighted by Gasteiger charge is 2.33. The average Bonchev–Trinajstić information content (AvgIpc) is 3.43. The lowest BCUT2D eigenvalue weighted by Gasteiger charge is -2.21. The van der Waals surface area contributed by atoms with Gasteiger partial charge in [0.1, 0.15) is 12.6 Å². The van der Waals surface area contributed by atoms with Gasteiger partial charge in [0.2, 0.25) is 5.91 Å². The van der Waals surface area contributed by atoms with Crippen LogP contribution in [-0.2, 0) is 14.3 Å². The average molecular weight is 465 g/mol. The first-order valence-electron chi connectivity index (χ1n) is 12.1. The number of hydrogen-bond acceptors (Lipinski definition) is 4. The van der Waals surface area contributed by atoms with E-state index in [1.165, 1.54) is 0 Å². The number of fused-ring (bicyclic) bond motifs is 3. The maximum Gasteiger partial charge on any atom is 0.407 e. The third-order valence-electron chi connectivity index (χ3n) is 6.93. The van der Waals surface area contributed by atoms with Gasteiger partial charge >= 0.3 is 12.1 Å². The fourth-order valence-electron chi connectivity index (χ4n) is 5.10. The molecule has 0 heterocycles. The summed E-state index contributed by atoms with van der Waals surface area (Å²) >= 11 is 0. The number of alkyl carbamates (subject to hydrolysis) is 1. The van der Waals surface area contributed by atoms with E-state index in [2.05, 4.69) is 34.9 Å². The summed E-state index contributed by atoms with van der Waals surface area (Å²) in [5.74, 6) is -1.57. The molecule has 2 aromatic rings. The van der Waals surface area contributed by atoms with E-state index in [4.69, 9.17) is 4.74 Å². The maximum absolute atomic E-state index is 12.9. The number of carboxylic acid groups (broad SMARTS) is 1. The first-order chi connectivity index (χ1) is 16.5. The van der Waals surface area contributed by atoms with Crippen molar-refractivity contribution in [1.29, 1.82) is 0 Å². The predicted octanol–water partition coefficient (Wildman–Crippen LogP) is 4.45. The fourth-order valence-corrected chi connectivity index (χ4v) is 5.10. The molecule has 1 fully saturated rings. The second-order valence-electron chi connectivity index (χ2n) is 9.22. The van der Waals surface area contributed by atoms with Crippen LogP contribution in [-0.4, -0.2) is 41.8 Å². The summed E-state index contributed by atoms with van der Waals surface area (Å²) < 4.78 is 5.61. The van der Waals surface area contributed by atoms with Crippen LogP contribution >= 0.6 is 0 Å². The Morgan fingerprint density at radius 3 is 2.26 bits per heavy atom. The number of amides is 2. The molecule has 180 valence electrons. The van der Waals surface area contributed by atoms with Gasteiger partial charge < -0.3 is 20.5 Å². The Labute approximate surface area is 199 Å². The predicted molar refractivity (Wildman–Crippen MR) is 128 cm³/mol. The van der Waals surface area contributed by atoms with Crippen molar-refractivity contribution in [1.82, 2.24) is 10.6 Å². The van der Waals surface area contributed by atoms with Crippen LogP contribution in [0.1, 0.15) is 62.5 Å². The molecule has 0 spiro atoms. The molecule has 0 saturated heterocycles. The van der Waals surface area contributed by atoms with Crippen LogP contribution in [0.15, 0.2) is 48.5 Å². The zero-order valence-corrected chi connectivity index (χ0v) is 19.5. The molecule has 34 heavy (non-hydrogen) atoms. The molecule has 0 aromatic heterocycles. The summed E-state index contributed by atoms with van der Waals surface area (Å²) in [6.07, 6.45) is 3.17. The molecule has 0 unspecified atom stereocenters. The molecule has 0 radical (unpaired) electrons. The number of rotatable bonds is 9. The van der Waals surface area contributed by atoms with Crippen LogP contribution in [0.25, 0.3) is 11.1 Å². The zero-order valence-electron chi connectivity index (χ0n) is 19.5. The second-order valence-corrected chi connectivity index (χ2v) is 9.22. The number of ether oxygens (including phenoxy) is 1. The molecule has 7 nitrogen and oxygen atoms in total. The van der Waals surface area contributed by atoms with Crippen molar-refractivity contribution in [2.24, 2.45) is 5.92 Å². The van der Waals surface area contributed by atoms with Crippen molar-refractivity contribution in [3.63, 3.8) is 0 Å². The first-order valence-corrected chi connectivity index (χ1v) is 12.1. The molecule has 1 saturated carbocycles. The van der Waals surface area contributed by atoms with Gasteiger partial charge in [-0.3, -0.25) is 9.59 Å². The van der Waals surface area contributed by atoms with Crippen molar-refractivity contribution in [2.75, 3.05) is 6.61 Å². The normalized spacial score (nSPS) is 19.7. The Morgan fingerprint density at radius 1 is 1.03 bits per heavy atom. The molecule has 2 aliphatic carbocycles. The Balaban J connectivity index is 1.36. The highest BCUT2D eigenvalue weighted by Crippen LogP contribution is 2.44. The standard InChI is InChI=1S/C27H32N2O5/c1-2-3-12-24(25(30)28-18-14-13-17(15-18)26(31)32)29-27(33)34-16-23-21-10-6-4-8-19(21)20-9-5-7-11-22(20)23/h4-11,17-18,23-24H,2-3,12-16H2,1H3,(H,28,30)(H,29,33)(H,31,32)/t17-,18+,24+/m1/s1. The van der Waals surface area contributed by atoms with E-state index in [0.717, 1.165) is 35.1 Å². The number of hydrogen-bond donors (Lipinski definition) is 3. The van der Waals surface area contributed by atoms with Crippen LogP contribution in [0.2, 0.25) is 0 Å². The van der Waals surface area contributed by atoms with E-state index in [1.54, 1.807) is 0 Å². The van der Waals surface area contributed by atoms with Gasteiger partial charge in [-0.25, -0.2) is 4.79 Å². The lowest BCUT2D eigenvalue weighted by Crippen LogP contribution is -2.49. The van der Waals surface area contributed by atoms with E-state index in [9.17, 15) is 19.5 Å². The highest BCUT2D eigenvalue weighted by atomic mass is 16.5. The van der Waals surface area contributed by atoms with Crippen molar-refractivity contribution in [3.05, 3.63) is 59.7 Å². The maximum atomic E-state index is 12.9. The topological polar surface area (TPSA) is 105 Å². The molecular weight excluding hydrogens is 432 g/mol. The third-order valence-corrected chi connectivity index (χ3v) is 6.93. The summed E-state index contributed by atoms with van der Waals surface area (Å²) in [4.78, 5) is 36.8. The number of aliphatic carboxylic acids is 1. The third kappa shape index (κ3) is 5.24. The SMILES string of the molecule is CCCC[C@H](NC(=O)OCC1c2ccccc2-c2ccccc21)C(=O)N[C@H]1CC[C@@H](C(=O)O)C1. The van der Waals surface area contributed by atoms with Crippen molar-refractivity contribution >= 4 is 18.0 Å². The van der Waals surface area contributed by atoms with Crippen molar-refractivity contribution in [2.45, 2.75) is 63.5 Å². The van der Waals surface area contributed by atoms with Crippen LogP contribution in [0.4, 0.5) is 4.79 Å². The molecule has 0 aliphatic heterocycles. The van der Waals surface area contributed by atoms with Crippen LogP contribution < -0.4 is 10.6 Å². The molecule has 0 bridgehead atoms. The monoisotopic (exact) mass is 464 g/mol. The zero-order chi connectivity index (χ0) is 24.1. The molecular formula is C27H32N2O5. The summed E-state index contributed by atoms with van der Waals surface area (Å²) in [6.45, 7) is 2.21. The number of carboxylic acids is 1. The van der Waals surface area contributed by atoms with E-state index >= 15 is 0 Å². The molecule has 3 atom stereocenters. The van der Waals surface area contributed by atoms with Gasteiger partial charge in [-0.2, -0.15) is 0 Å². The van der Waals surface area contributed by atoms with E-state index in [-0.39, 0.29) is 24.5 Å². The molecule has 2 aromatic carbocycles. The lowest BCUT2D eigenvalue weighted by atomic mass is 9.98. The number of unbranched alkanes of at least 4 members (excludes halogenated alkanes) is 1. The first kappa shape index (κ1) is 23.8. The second kappa shape index (κ2) is 10.7. The van der Waals surface area contributed by atoms with Crippen molar-refractivity contribution < 1.29 is 24.2 Å². The van der Waals surface area contributed by atoms with E-state index < -0.39 is 24.0 Å². The van der Waals surface area contributed by atoms with Gasteiger partial charge in [-0.1, -0.05) is 68.3 Å². The number of nitrogens with one attached hydrogen (secondary N) is 2. The van der Waals surface area contributed by atoms with Crippen LogP contribution in [0, 0.1) is 5.92 Å².